The van der Waals surface area contributed by atoms with Crippen LogP contribution < -0.4 is 15.4 Å². The number of alkyl halides is 2. The lowest BCUT2D eigenvalue weighted by Crippen LogP contribution is -2.58. The Morgan fingerprint density at radius 2 is 1.35 bits per heavy atom. The first-order valence-corrected chi connectivity index (χ1v) is 20.8. The van der Waals surface area contributed by atoms with Crippen molar-refractivity contribution in [1.82, 2.24) is 20.3 Å². The van der Waals surface area contributed by atoms with Crippen LogP contribution in [0.15, 0.2) is 108 Å². The number of rotatable bonds is 17. The van der Waals surface area contributed by atoms with Crippen LogP contribution in [0.3, 0.4) is 0 Å². The first-order valence-electron chi connectivity index (χ1n) is 18.9. The predicted molar refractivity (Wildman–Crippen MR) is 217 cm³/mol. The number of ketones is 1. The van der Waals surface area contributed by atoms with Crippen LogP contribution in [0.2, 0.25) is 5.02 Å². The molecular formula is C43H43ClF2N4O9S. The molecule has 0 heterocycles. The average molecular weight is 865 g/mol. The van der Waals surface area contributed by atoms with Gasteiger partial charge in [-0.3, -0.25) is 24.0 Å². The van der Waals surface area contributed by atoms with Gasteiger partial charge in [-0.1, -0.05) is 80.0 Å². The quantitative estimate of drug-likeness (QED) is 0.100. The fourth-order valence-corrected chi connectivity index (χ4v) is 7.78. The molecule has 0 bridgehead atoms. The number of Topliss-reactive ketones (excluding diaryl/α,β-unsaturated/α-hetero) is 1. The van der Waals surface area contributed by atoms with Crippen molar-refractivity contribution in [2.24, 2.45) is 5.92 Å². The van der Waals surface area contributed by atoms with Crippen molar-refractivity contribution in [3.63, 3.8) is 0 Å². The molecule has 60 heavy (non-hydrogen) atoms. The van der Waals surface area contributed by atoms with E-state index in [1.54, 1.807) is 44.2 Å². The maximum atomic E-state index is 15.1. The summed E-state index contributed by atoms with van der Waals surface area (Å²) in [6.45, 7) is 3.55. The van der Waals surface area contributed by atoms with Gasteiger partial charge < -0.3 is 20.3 Å². The molecule has 0 radical (unpaired) electrons. The number of hydrogen-bond acceptors (Lipinski definition) is 9. The number of ether oxygens (including phenoxy) is 1. The topological polar surface area (TPSA) is 185 Å². The molecule has 17 heteroatoms. The highest BCUT2D eigenvalue weighted by Crippen LogP contribution is 2.27. The van der Waals surface area contributed by atoms with Crippen LogP contribution in [0.4, 0.5) is 8.78 Å². The first-order chi connectivity index (χ1) is 28.4. The highest BCUT2D eigenvalue weighted by atomic mass is 35.5. The van der Waals surface area contributed by atoms with Gasteiger partial charge in [-0.25, -0.2) is 17.9 Å². The van der Waals surface area contributed by atoms with Crippen molar-refractivity contribution in [3.8, 4) is 0 Å². The molecule has 13 nitrogen and oxygen atoms in total. The molecule has 0 aliphatic heterocycles. The summed E-state index contributed by atoms with van der Waals surface area (Å²) in [7, 11) is -4.24. The number of sulfonamides is 1. The van der Waals surface area contributed by atoms with Gasteiger partial charge in [0.25, 0.3) is 21.8 Å². The molecule has 0 saturated heterocycles. The van der Waals surface area contributed by atoms with E-state index in [1.807, 2.05) is 29.0 Å². The first kappa shape index (κ1) is 45.1. The fourth-order valence-electron chi connectivity index (χ4n) is 6.68. The van der Waals surface area contributed by atoms with Gasteiger partial charge in [0.1, 0.15) is 6.04 Å². The second kappa shape index (κ2) is 19.4. The van der Waals surface area contributed by atoms with E-state index in [4.69, 9.17) is 11.6 Å². The Bertz CT molecular complexity index is 2320. The summed E-state index contributed by atoms with van der Waals surface area (Å²) in [5.74, 6) is -12.4. The monoisotopic (exact) mass is 864 g/mol. The molecule has 1 aliphatic carbocycles. The second-order valence-corrected chi connectivity index (χ2v) is 16.5. The number of amides is 4. The van der Waals surface area contributed by atoms with Gasteiger partial charge in [0.2, 0.25) is 17.6 Å². The lowest BCUT2D eigenvalue weighted by Gasteiger charge is -2.34. The zero-order valence-corrected chi connectivity index (χ0v) is 34.4. The van der Waals surface area contributed by atoms with Crippen LogP contribution in [-0.2, 0) is 53.2 Å². The van der Waals surface area contributed by atoms with Gasteiger partial charge >= 0.3 is 11.9 Å². The Kier molecular flexibility index (Phi) is 14.6. The number of benzene rings is 4. The lowest BCUT2D eigenvalue weighted by atomic mass is 9.98. The van der Waals surface area contributed by atoms with Crippen molar-refractivity contribution in [1.29, 1.82) is 0 Å². The lowest BCUT2D eigenvalue weighted by molar-refractivity contribution is -0.177. The van der Waals surface area contributed by atoms with Crippen molar-refractivity contribution in [2.45, 2.75) is 69.0 Å². The SMILES string of the molecule is CCOC(=O)C(F)(F)C(=O)C(Cc1ccccc1)NC(=O)CN(C(=O)C(NC(=O)c1ccc(C(=O)NS(=O)(=O)c2ccc(Cl)cc2)cc1)C(C)C)C1Cc2ccccc2C1. The van der Waals surface area contributed by atoms with E-state index >= 15 is 8.78 Å². The third-order valence-electron chi connectivity index (χ3n) is 9.82. The van der Waals surface area contributed by atoms with Gasteiger partial charge in [0, 0.05) is 28.6 Å². The Labute approximate surface area is 350 Å². The van der Waals surface area contributed by atoms with Crippen LogP contribution in [0, 0.1) is 5.92 Å². The zero-order chi connectivity index (χ0) is 43.8. The second-order valence-electron chi connectivity index (χ2n) is 14.4. The third-order valence-corrected chi connectivity index (χ3v) is 11.4. The molecule has 2 unspecified atom stereocenters. The van der Waals surface area contributed by atoms with Crippen LogP contribution in [0.25, 0.3) is 0 Å². The normalized spacial score (nSPS) is 13.7. The Balaban J connectivity index is 1.36. The summed E-state index contributed by atoms with van der Waals surface area (Å²) in [4.78, 5) is 81.3. The molecule has 0 aromatic heterocycles. The molecule has 4 aromatic rings. The van der Waals surface area contributed by atoms with Gasteiger partial charge in [0.05, 0.1) is 24.1 Å². The largest absolute Gasteiger partial charge is 0.461 e. The average Bonchev–Trinajstić information content (AvgIpc) is 3.65. The molecular weight excluding hydrogens is 822 g/mol. The minimum Gasteiger partial charge on any atom is -0.461 e. The van der Waals surface area contributed by atoms with Crippen molar-refractivity contribution in [2.75, 3.05) is 13.2 Å². The van der Waals surface area contributed by atoms with Gasteiger partial charge in [-0.05, 0) is 90.9 Å². The number of hydrogen-bond donors (Lipinski definition) is 3. The number of nitrogens with one attached hydrogen (secondary N) is 3. The number of fused-ring (bicyclic) bond motifs is 1. The predicted octanol–water partition coefficient (Wildman–Crippen LogP) is 4.70. The van der Waals surface area contributed by atoms with Gasteiger partial charge in [0.15, 0.2) is 0 Å². The molecule has 5 rings (SSSR count). The molecule has 0 fully saturated rings. The molecule has 316 valence electrons. The van der Waals surface area contributed by atoms with Crippen LogP contribution >= 0.6 is 11.6 Å². The Morgan fingerprint density at radius 1 is 0.800 bits per heavy atom. The smallest absolute Gasteiger partial charge is 0.401 e. The zero-order valence-electron chi connectivity index (χ0n) is 32.8. The summed E-state index contributed by atoms with van der Waals surface area (Å²) in [6.07, 6.45) is 0.267. The standard InChI is InChI=1S/C43H43ClF2N4O9S/c1-4-59-42(56)43(45,46)38(52)35(22-27-10-6-5-7-11-27)47-36(51)25-50(33-23-30-12-8-9-13-31(30)24-33)41(55)37(26(2)3)48-39(53)28-14-16-29(17-15-28)40(54)49-60(57,58)34-20-18-32(44)19-21-34/h5-21,26,33,35,37H,4,22-25H2,1-3H3,(H,47,51)(H,48,53)(H,49,54). The van der Waals surface area contributed by atoms with E-state index in [-0.39, 0.29) is 16.0 Å². The highest BCUT2D eigenvalue weighted by molar-refractivity contribution is 7.90. The van der Waals surface area contributed by atoms with Gasteiger partial charge in [-0.15, -0.1) is 0 Å². The molecule has 3 N–H and O–H groups in total. The summed E-state index contributed by atoms with van der Waals surface area (Å²) in [5.41, 5.74) is 2.19. The highest BCUT2D eigenvalue weighted by Gasteiger charge is 2.52. The van der Waals surface area contributed by atoms with E-state index in [0.717, 1.165) is 11.1 Å². The third kappa shape index (κ3) is 11.0. The molecule has 4 amide bonds. The van der Waals surface area contributed by atoms with Crippen molar-refractivity contribution in [3.05, 3.63) is 136 Å². The van der Waals surface area contributed by atoms with E-state index in [0.29, 0.717) is 23.4 Å². The van der Waals surface area contributed by atoms with E-state index in [9.17, 15) is 37.2 Å². The molecule has 0 saturated carbocycles. The number of carbonyl (C=O) groups excluding carboxylic acids is 6. The molecule has 2 atom stereocenters. The minimum atomic E-state index is -4.59. The molecule has 0 spiro atoms. The summed E-state index contributed by atoms with van der Waals surface area (Å²) in [6, 6.07) is 21.9. The van der Waals surface area contributed by atoms with Crippen molar-refractivity contribution >= 4 is 57.0 Å². The summed E-state index contributed by atoms with van der Waals surface area (Å²) in [5, 5.41) is 5.35. The Hall–Kier alpha value is -6.00. The number of halogens is 3. The number of esters is 1. The van der Waals surface area contributed by atoms with Crippen LogP contribution in [-0.4, -0.2) is 85.9 Å². The maximum absolute atomic E-state index is 15.1. The molecule has 1 aliphatic rings. The summed E-state index contributed by atoms with van der Waals surface area (Å²) < 4.78 is 62.1. The van der Waals surface area contributed by atoms with Crippen LogP contribution in [0.1, 0.15) is 58.2 Å². The maximum Gasteiger partial charge on any atom is 0.401 e. The van der Waals surface area contributed by atoms with E-state index in [1.165, 1.54) is 60.4 Å². The van der Waals surface area contributed by atoms with E-state index in [2.05, 4.69) is 15.4 Å². The fraction of sp³-hybridized carbons (Fsp3) is 0.302. The van der Waals surface area contributed by atoms with Crippen molar-refractivity contribution < 1.29 is 50.7 Å². The number of nitrogens with zero attached hydrogens (tertiary/aromatic N) is 1. The Morgan fingerprint density at radius 3 is 1.90 bits per heavy atom. The molecule has 4 aromatic carbocycles. The summed E-state index contributed by atoms with van der Waals surface area (Å²) >= 11 is 5.83. The van der Waals surface area contributed by atoms with E-state index < -0.39 is 94.9 Å². The van der Waals surface area contributed by atoms with Gasteiger partial charge in [-0.2, -0.15) is 8.78 Å². The minimum absolute atomic E-state index is 0.0212. The number of carbonyl (C=O) groups is 6. The van der Waals surface area contributed by atoms with Crippen LogP contribution in [0.5, 0.6) is 0 Å².